The van der Waals surface area contributed by atoms with Crippen molar-refractivity contribution in [3.8, 4) is 5.75 Å². The fraction of sp³-hybridized carbons (Fsp3) is 0.308. The average molecular weight is 492 g/mol. The monoisotopic (exact) mass is 491 g/mol. The van der Waals surface area contributed by atoms with Crippen LogP contribution in [-0.4, -0.2) is 51.6 Å². The Bertz CT molecular complexity index is 1250. The highest BCUT2D eigenvalue weighted by Gasteiger charge is 2.54. The van der Waals surface area contributed by atoms with Crippen LogP contribution in [0.25, 0.3) is 0 Å². The Balaban J connectivity index is 1.74. The summed E-state index contributed by atoms with van der Waals surface area (Å²) in [6.07, 6.45) is 4.07. The smallest absolute Gasteiger partial charge is 0.273 e. The first-order chi connectivity index (χ1) is 17.1. The zero-order valence-electron chi connectivity index (χ0n) is 20.0. The largest absolute Gasteiger partial charge is 0.497 e. The first-order valence-electron chi connectivity index (χ1n) is 11.5. The van der Waals surface area contributed by atoms with E-state index < -0.39 is 46.3 Å². The molecular formula is C26H25N3O7. The summed E-state index contributed by atoms with van der Waals surface area (Å²) in [4.78, 5) is 64.5. The number of carbonyl (C=O) groups excluding carboxylic acids is 4. The molecule has 0 saturated carbocycles. The summed E-state index contributed by atoms with van der Waals surface area (Å²) in [5, 5.41) is 12.7. The average Bonchev–Trinajstić information content (AvgIpc) is 3.14. The molecule has 186 valence electrons. The van der Waals surface area contributed by atoms with E-state index in [-0.39, 0.29) is 22.7 Å². The summed E-state index contributed by atoms with van der Waals surface area (Å²) in [5.74, 6) is -3.33. The third kappa shape index (κ3) is 4.26. The van der Waals surface area contributed by atoms with Gasteiger partial charge in [-0.1, -0.05) is 19.1 Å². The van der Waals surface area contributed by atoms with Gasteiger partial charge in [0.1, 0.15) is 11.8 Å². The number of hydrazine groups is 1. The minimum atomic E-state index is -1.22. The van der Waals surface area contributed by atoms with Crippen molar-refractivity contribution < 1.29 is 28.8 Å². The zero-order chi connectivity index (χ0) is 26.1. The molecule has 2 aromatic rings. The van der Waals surface area contributed by atoms with Crippen LogP contribution in [0.5, 0.6) is 5.75 Å². The van der Waals surface area contributed by atoms with Crippen LogP contribution >= 0.6 is 0 Å². The molecular weight excluding hydrogens is 466 g/mol. The molecule has 0 unspecified atom stereocenters. The molecule has 10 heteroatoms. The standard InChI is InChI=1S/C26H25N3O7/c1-15-5-4-6-21-22(15)26(33)28(25(21)32)27(24(31)18-7-11-19(12-8-18)29(34)35)16(2)23(30)17-9-13-20(36-3)14-10-17/h4-5,7-16,21-22H,6H2,1-3H3/t15-,16-,21+,22+/m0/s1. The molecule has 2 aliphatic rings. The van der Waals surface area contributed by atoms with Gasteiger partial charge in [0.25, 0.3) is 23.4 Å². The molecule has 0 radical (unpaired) electrons. The summed E-state index contributed by atoms with van der Waals surface area (Å²) < 4.78 is 5.13. The van der Waals surface area contributed by atoms with Gasteiger partial charge in [-0.15, -0.1) is 0 Å². The summed E-state index contributed by atoms with van der Waals surface area (Å²) in [6.45, 7) is 3.27. The highest BCUT2D eigenvalue weighted by atomic mass is 16.6. The second-order valence-electron chi connectivity index (χ2n) is 8.87. The molecule has 36 heavy (non-hydrogen) atoms. The Morgan fingerprint density at radius 1 is 1.06 bits per heavy atom. The lowest BCUT2D eigenvalue weighted by Crippen LogP contribution is -2.56. The fourth-order valence-corrected chi connectivity index (χ4v) is 4.75. The number of allylic oxidation sites excluding steroid dienone is 2. The van der Waals surface area contributed by atoms with E-state index in [1.807, 2.05) is 19.1 Å². The van der Waals surface area contributed by atoms with E-state index in [0.717, 1.165) is 22.2 Å². The van der Waals surface area contributed by atoms with Crippen molar-refractivity contribution in [3.05, 3.63) is 81.9 Å². The number of ether oxygens (including phenoxy) is 1. The first-order valence-corrected chi connectivity index (χ1v) is 11.5. The van der Waals surface area contributed by atoms with Crippen molar-refractivity contribution >= 4 is 29.2 Å². The lowest BCUT2D eigenvalue weighted by Gasteiger charge is -2.34. The van der Waals surface area contributed by atoms with Crippen LogP contribution in [0, 0.1) is 27.9 Å². The van der Waals surface area contributed by atoms with Crippen molar-refractivity contribution in [3.63, 3.8) is 0 Å². The predicted octanol–water partition coefficient (Wildman–Crippen LogP) is 3.43. The molecule has 1 heterocycles. The molecule has 1 saturated heterocycles. The molecule has 1 aliphatic heterocycles. The van der Waals surface area contributed by atoms with Crippen molar-refractivity contribution in [2.45, 2.75) is 26.3 Å². The Morgan fingerprint density at radius 3 is 2.22 bits per heavy atom. The van der Waals surface area contributed by atoms with Gasteiger partial charge in [0.2, 0.25) is 0 Å². The number of rotatable bonds is 7. The van der Waals surface area contributed by atoms with E-state index in [4.69, 9.17) is 4.74 Å². The molecule has 4 atom stereocenters. The van der Waals surface area contributed by atoms with Gasteiger partial charge in [-0.05, 0) is 55.7 Å². The van der Waals surface area contributed by atoms with E-state index in [0.29, 0.717) is 12.2 Å². The SMILES string of the molecule is COc1ccc(C(=O)[C@H](C)N(C(=O)c2ccc([N+](=O)[O-])cc2)N2C(=O)[C@@H]3[C@@H](C)C=CC[C@H]3C2=O)cc1. The number of carbonyl (C=O) groups is 4. The van der Waals surface area contributed by atoms with Crippen LogP contribution in [0.4, 0.5) is 5.69 Å². The van der Waals surface area contributed by atoms with Gasteiger partial charge in [-0.3, -0.25) is 29.3 Å². The number of nitro groups is 1. The molecule has 3 amide bonds. The molecule has 10 nitrogen and oxygen atoms in total. The number of imide groups is 1. The number of non-ortho nitro benzene ring substituents is 1. The number of hydrogen-bond acceptors (Lipinski definition) is 7. The number of ketones is 1. The number of Topliss-reactive ketones (excluding diaryl/α,β-unsaturated/α-hetero) is 1. The summed E-state index contributed by atoms with van der Waals surface area (Å²) in [7, 11) is 1.49. The van der Waals surface area contributed by atoms with Gasteiger partial charge in [-0.2, -0.15) is 5.01 Å². The molecule has 0 aromatic heterocycles. The number of amides is 3. The summed E-state index contributed by atoms with van der Waals surface area (Å²) >= 11 is 0. The van der Waals surface area contributed by atoms with Gasteiger partial charge < -0.3 is 4.74 Å². The summed E-state index contributed by atoms with van der Waals surface area (Å²) in [5.41, 5.74) is 0.0349. The number of nitro benzene ring substituents is 1. The highest BCUT2D eigenvalue weighted by molar-refractivity contribution is 6.10. The maximum absolute atomic E-state index is 13.7. The Morgan fingerprint density at radius 2 is 1.67 bits per heavy atom. The lowest BCUT2D eigenvalue weighted by molar-refractivity contribution is -0.384. The van der Waals surface area contributed by atoms with Crippen LogP contribution in [0.15, 0.2) is 60.7 Å². The second kappa shape index (κ2) is 9.73. The first kappa shape index (κ1) is 24.8. The number of fused-ring (bicyclic) bond motifs is 1. The molecule has 0 N–H and O–H groups in total. The number of methoxy groups -OCH3 is 1. The minimum Gasteiger partial charge on any atom is -0.497 e. The second-order valence-corrected chi connectivity index (χ2v) is 8.87. The van der Waals surface area contributed by atoms with Crippen molar-refractivity contribution in [1.29, 1.82) is 0 Å². The van der Waals surface area contributed by atoms with Gasteiger partial charge in [0, 0.05) is 23.3 Å². The van der Waals surface area contributed by atoms with E-state index in [1.54, 1.807) is 12.1 Å². The van der Waals surface area contributed by atoms with Crippen LogP contribution in [0.3, 0.4) is 0 Å². The Kier molecular flexibility index (Phi) is 6.69. The predicted molar refractivity (Wildman–Crippen MR) is 128 cm³/mol. The molecule has 0 spiro atoms. The van der Waals surface area contributed by atoms with Crippen molar-refractivity contribution in [1.82, 2.24) is 10.0 Å². The normalized spacial score (nSPS) is 21.6. The third-order valence-corrected chi connectivity index (χ3v) is 6.72. The maximum atomic E-state index is 13.7. The molecule has 0 bridgehead atoms. The highest BCUT2D eigenvalue weighted by Crippen LogP contribution is 2.40. The number of nitrogens with zero attached hydrogens (tertiary/aromatic N) is 3. The molecule has 2 aromatic carbocycles. The summed E-state index contributed by atoms with van der Waals surface area (Å²) in [6, 6.07) is 9.81. The quantitative estimate of drug-likeness (QED) is 0.191. The van der Waals surface area contributed by atoms with Gasteiger partial charge in [0.15, 0.2) is 5.78 Å². The van der Waals surface area contributed by atoms with E-state index in [9.17, 15) is 29.3 Å². The Hall–Kier alpha value is -4.34. The van der Waals surface area contributed by atoms with Crippen molar-refractivity contribution in [2.24, 2.45) is 17.8 Å². The van der Waals surface area contributed by atoms with E-state index in [1.165, 1.54) is 38.3 Å². The van der Waals surface area contributed by atoms with Gasteiger partial charge >= 0.3 is 0 Å². The van der Waals surface area contributed by atoms with Crippen LogP contribution in [-0.2, 0) is 9.59 Å². The molecule has 1 fully saturated rings. The fourth-order valence-electron chi connectivity index (χ4n) is 4.75. The number of hydrogen-bond donors (Lipinski definition) is 0. The van der Waals surface area contributed by atoms with E-state index >= 15 is 0 Å². The molecule has 4 rings (SSSR count). The third-order valence-electron chi connectivity index (χ3n) is 6.72. The maximum Gasteiger partial charge on any atom is 0.273 e. The zero-order valence-corrected chi connectivity index (χ0v) is 20.0. The minimum absolute atomic E-state index is 0.00312. The lowest BCUT2D eigenvalue weighted by atomic mass is 9.78. The van der Waals surface area contributed by atoms with Gasteiger partial charge in [0.05, 0.1) is 23.9 Å². The number of benzene rings is 2. The van der Waals surface area contributed by atoms with Crippen LogP contribution in [0.2, 0.25) is 0 Å². The Labute approximate surface area is 207 Å². The van der Waals surface area contributed by atoms with Crippen LogP contribution < -0.4 is 4.74 Å². The van der Waals surface area contributed by atoms with Gasteiger partial charge in [-0.25, -0.2) is 5.01 Å². The van der Waals surface area contributed by atoms with Crippen molar-refractivity contribution in [2.75, 3.05) is 7.11 Å². The van der Waals surface area contributed by atoms with E-state index in [2.05, 4.69) is 0 Å². The topological polar surface area (TPSA) is 127 Å². The van der Waals surface area contributed by atoms with Crippen LogP contribution in [0.1, 0.15) is 41.0 Å². The molecule has 1 aliphatic carbocycles.